The molecule has 1 saturated heterocycles. The smallest absolute Gasteiger partial charge is 0.263 e. The molecule has 28 heavy (non-hydrogen) atoms. The quantitative estimate of drug-likeness (QED) is 0.724. The minimum Gasteiger partial charge on any atom is -0.354 e. The summed E-state index contributed by atoms with van der Waals surface area (Å²) >= 11 is 1.52. The number of thiophene rings is 1. The number of nitrogens with zero attached hydrogens (tertiary/aromatic N) is 2. The van der Waals surface area contributed by atoms with E-state index in [1.54, 1.807) is 0 Å². The van der Waals surface area contributed by atoms with Crippen LogP contribution in [-0.4, -0.2) is 40.4 Å². The molecule has 3 aromatic rings. The lowest BCUT2D eigenvalue weighted by Gasteiger charge is -2.31. The van der Waals surface area contributed by atoms with Crippen molar-refractivity contribution in [1.29, 1.82) is 0 Å². The largest absolute Gasteiger partial charge is 0.354 e. The van der Waals surface area contributed by atoms with Crippen molar-refractivity contribution < 1.29 is 9.59 Å². The van der Waals surface area contributed by atoms with Gasteiger partial charge in [0.15, 0.2) is 0 Å². The highest BCUT2D eigenvalue weighted by molar-refractivity contribution is 7.16. The Morgan fingerprint density at radius 3 is 2.57 bits per heavy atom. The van der Waals surface area contributed by atoms with Gasteiger partial charge < -0.3 is 14.8 Å². The van der Waals surface area contributed by atoms with E-state index in [1.165, 1.54) is 16.7 Å². The van der Waals surface area contributed by atoms with Crippen LogP contribution >= 0.6 is 11.3 Å². The Kier molecular flexibility index (Phi) is 5.22. The van der Waals surface area contributed by atoms with Crippen molar-refractivity contribution >= 4 is 34.1 Å². The van der Waals surface area contributed by atoms with Gasteiger partial charge in [-0.2, -0.15) is 0 Å². The monoisotopic (exact) mass is 395 g/mol. The summed E-state index contributed by atoms with van der Waals surface area (Å²) in [5.74, 6) is 0.187. The zero-order valence-electron chi connectivity index (χ0n) is 16.2. The zero-order valence-corrected chi connectivity index (χ0v) is 17.0. The van der Waals surface area contributed by atoms with Crippen molar-refractivity contribution in [2.24, 2.45) is 5.92 Å². The molecule has 0 saturated carbocycles. The standard InChI is InChI=1S/C22H25N3O2S/c1-15(2)23-21(26)17-9-12-24(13-10-17)22(27)19-7-8-20(28-19)25-14-11-16-5-3-4-6-18(16)25/h3-8,11,14-15,17H,9-10,12-13H2,1-2H3,(H,23,26). The third-order valence-corrected chi connectivity index (χ3v) is 6.30. The number of carbonyl (C=O) groups is 2. The van der Waals surface area contributed by atoms with E-state index in [2.05, 4.69) is 28.1 Å². The van der Waals surface area contributed by atoms with Crippen LogP contribution in [0.2, 0.25) is 0 Å². The SMILES string of the molecule is CC(C)NC(=O)C1CCN(C(=O)c2ccc(-n3ccc4ccccc43)s2)CC1. The highest BCUT2D eigenvalue weighted by Gasteiger charge is 2.28. The van der Waals surface area contributed by atoms with Gasteiger partial charge in [0.2, 0.25) is 5.91 Å². The molecule has 146 valence electrons. The van der Waals surface area contributed by atoms with Crippen molar-refractivity contribution in [1.82, 2.24) is 14.8 Å². The highest BCUT2D eigenvalue weighted by atomic mass is 32.1. The topological polar surface area (TPSA) is 54.3 Å². The van der Waals surface area contributed by atoms with Crippen molar-refractivity contribution in [3.05, 3.63) is 53.5 Å². The molecule has 4 rings (SSSR count). The maximum Gasteiger partial charge on any atom is 0.263 e. The number of aromatic nitrogens is 1. The molecule has 1 N–H and O–H groups in total. The third-order valence-electron chi connectivity index (χ3n) is 5.22. The van der Waals surface area contributed by atoms with Gasteiger partial charge in [-0.3, -0.25) is 9.59 Å². The maximum atomic E-state index is 12.9. The van der Waals surface area contributed by atoms with Crippen LogP contribution in [0.3, 0.4) is 0 Å². The van der Waals surface area contributed by atoms with Gasteiger partial charge in [0.1, 0.15) is 5.00 Å². The molecular formula is C22H25N3O2S. The van der Waals surface area contributed by atoms with Crippen LogP contribution < -0.4 is 5.32 Å². The van der Waals surface area contributed by atoms with Crippen LogP contribution in [0.25, 0.3) is 15.9 Å². The second-order valence-corrected chi connectivity index (χ2v) is 8.67. The lowest BCUT2D eigenvalue weighted by atomic mass is 9.95. The van der Waals surface area contributed by atoms with Crippen molar-refractivity contribution in [2.75, 3.05) is 13.1 Å². The molecule has 3 heterocycles. The molecule has 0 unspecified atom stereocenters. The lowest BCUT2D eigenvalue weighted by Crippen LogP contribution is -2.44. The number of carbonyl (C=O) groups excluding carboxylic acids is 2. The van der Waals surface area contributed by atoms with Gasteiger partial charge in [-0.05, 0) is 56.3 Å². The maximum absolute atomic E-state index is 12.9. The number of fused-ring (bicyclic) bond motifs is 1. The first-order chi connectivity index (χ1) is 13.5. The van der Waals surface area contributed by atoms with Gasteiger partial charge in [0.05, 0.1) is 10.4 Å². The van der Waals surface area contributed by atoms with E-state index in [1.807, 2.05) is 49.2 Å². The lowest BCUT2D eigenvalue weighted by molar-refractivity contribution is -0.126. The fourth-order valence-corrected chi connectivity index (χ4v) is 4.72. The van der Waals surface area contributed by atoms with Crippen LogP contribution in [0, 0.1) is 5.92 Å². The van der Waals surface area contributed by atoms with E-state index in [4.69, 9.17) is 0 Å². The molecule has 5 nitrogen and oxygen atoms in total. The average Bonchev–Trinajstić information content (AvgIpc) is 3.34. The number of amides is 2. The Morgan fingerprint density at radius 1 is 1.07 bits per heavy atom. The molecular weight excluding hydrogens is 370 g/mol. The molecule has 0 aliphatic carbocycles. The summed E-state index contributed by atoms with van der Waals surface area (Å²) in [6.45, 7) is 5.21. The Morgan fingerprint density at radius 2 is 1.82 bits per heavy atom. The Labute approximate surface area is 169 Å². The molecule has 0 spiro atoms. The van der Waals surface area contributed by atoms with Crippen LogP contribution in [-0.2, 0) is 4.79 Å². The van der Waals surface area contributed by atoms with E-state index in [0.29, 0.717) is 13.1 Å². The van der Waals surface area contributed by atoms with Gasteiger partial charge in [-0.1, -0.05) is 18.2 Å². The molecule has 1 aliphatic rings. The van der Waals surface area contributed by atoms with E-state index in [9.17, 15) is 9.59 Å². The van der Waals surface area contributed by atoms with Crippen molar-refractivity contribution in [2.45, 2.75) is 32.7 Å². The summed E-state index contributed by atoms with van der Waals surface area (Å²) in [6, 6.07) is 14.4. The minimum absolute atomic E-state index is 0.0107. The van der Waals surface area contributed by atoms with Crippen LogP contribution in [0.15, 0.2) is 48.7 Å². The molecule has 0 atom stereocenters. The van der Waals surface area contributed by atoms with Gasteiger partial charge in [0, 0.05) is 31.2 Å². The predicted octanol–water partition coefficient (Wildman–Crippen LogP) is 4.07. The normalized spacial score (nSPS) is 15.3. The number of piperidine rings is 1. The molecule has 2 amide bonds. The Balaban J connectivity index is 1.43. The molecule has 1 aliphatic heterocycles. The van der Waals surface area contributed by atoms with Crippen LogP contribution in [0.5, 0.6) is 0 Å². The highest BCUT2D eigenvalue weighted by Crippen LogP contribution is 2.28. The molecule has 1 fully saturated rings. The van der Waals surface area contributed by atoms with Gasteiger partial charge in [0.25, 0.3) is 5.91 Å². The fourth-order valence-electron chi connectivity index (χ4n) is 3.75. The number of hydrogen-bond acceptors (Lipinski definition) is 3. The van der Waals surface area contributed by atoms with E-state index < -0.39 is 0 Å². The summed E-state index contributed by atoms with van der Waals surface area (Å²) in [7, 11) is 0. The molecule has 2 aromatic heterocycles. The van der Waals surface area contributed by atoms with E-state index in [0.717, 1.165) is 28.2 Å². The zero-order chi connectivity index (χ0) is 19.7. The molecule has 0 bridgehead atoms. The van der Waals surface area contributed by atoms with Crippen molar-refractivity contribution in [3.8, 4) is 5.00 Å². The molecule has 6 heteroatoms. The van der Waals surface area contributed by atoms with Crippen molar-refractivity contribution in [3.63, 3.8) is 0 Å². The number of nitrogens with one attached hydrogen (secondary N) is 1. The second-order valence-electron chi connectivity index (χ2n) is 7.61. The van der Waals surface area contributed by atoms with Gasteiger partial charge in [-0.15, -0.1) is 11.3 Å². The number of rotatable bonds is 4. The van der Waals surface area contributed by atoms with Crippen LogP contribution in [0.1, 0.15) is 36.4 Å². The summed E-state index contributed by atoms with van der Waals surface area (Å²) in [6.07, 6.45) is 3.50. The van der Waals surface area contributed by atoms with E-state index >= 15 is 0 Å². The number of likely N-dealkylation sites (tertiary alicyclic amines) is 1. The Bertz CT molecular complexity index is 996. The number of benzene rings is 1. The van der Waals surface area contributed by atoms with Crippen LogP contribution in [0.4, 0.5) is 0 Å². The number of para-hydroxylation sites is 1. The first kappa shape index (κ1) is 18.7. The molecule has 1 aromatic carbocycles. The third kappa shape index (κ3) is 3.69. The first-order valence-electron chi connectivity index (χ1n) is 9.79. The average molecular weight is 396 g/mol. The minimum atomic E-state index is 0.0107. The summed E-state index contributed by atoms with van der Waals surface area (Å²) < 4.78 is 2.12. The molecule has 0 radical (unpaired) electrons. The summed E-state index contributed by atoms with van der Waals surface area (Å²) in [5, 5.41) is 5.20. The first-order valence-corrected chi connectivity index (χ1v) is 10.6. The second kappa shape index (κ2) is 7.80. The predicted molar refractivity (Wildman–Crippen MR) is 113 cm³/mol. The fraction of sp³-hybridized carbons (Fsp3) is 0.364. The Hall–Kier alpha value is -2.60. The van der Waals surface area contributed by atoms with Gasteiger partial charge >= 0.3 is 0 Å². The number of hydrogen-bond donors (Lipinski definition) is 1. The summed E-state index contributed by atoms with van der Waals surface area (Å²) in [4.78, 5) is 27.7. The van der Waals surface area contributed by atoms with Gasteiger partial charge in [-0.25, -0.2) is 0 Å². The van der Waals surface area contributed by atoms with E-state index in [-0.39, 0.29) is 23.8 Å². The summed E-state index contributed by atoms with van der Waals surface area (Å²) in [5.41, 5.74) is 1.14.